The molecule has 0 aliphatic heterocycles. The van der Waals surface area contributed by atoms with Gasteiger partial charge in [0.2, 0.25) is 0 Å². The topological polar surface area (TPSA) is 68.5 Å². The maximum absolute atomic E-state index is 12.7. The Morgan fingerprint density at radius 1 is 1.38 bits per heavy atom. The maximum Gasteiger partial charge on any atom is 0.256 e. The summed E-state index contributed by atoms with van der Waals surface area (Å²) in [7, 11) is 1.69. The fourth-order valence-corrected chi connectivity index (χ4v) is 3.66. The fraction of sp³-hybridized carbons (Fsp3) is 0.350. The number of aryl methyl sites for hydroxylation is 2. The molecule has 1 amide bonds. The molecule has 6 heteroatoms. The van der Waals surface area contributed by atoms with E-state index in [1.807, 2.05) is 25.3 Å². The minimum atomic E-state index is -0.126. The number of rotatable bonds is 4. The van der Waals surface area contributed by atoms with E-state index in [4.69, 9.17) is 4.74 Å². The summed E-state index contributed by atoms with van der Waals surface area (Å²) in [5, 5.41) is 7.28. The van der Waals surface area contributed by atoms with Crippen LogP contribution >= 0.6 is 0 Å². The number of methoxy groups -OCH3 is 1. The van der Waals surface area contributed by atoms with Gasteiger partial charge >= 0.3 is 0 Å². The van der Waals surface area contributed by atoms with Crippen LogP contribution in [0.25, 0.3) is 5.65 Å². The van der Waals surface area contributed by atoms with Crippen LogP contribution in [-0.2, 0) is 6.42 Å². The highest BCUT2D eigenvalue weighted by atomic mass is 16.5. The van der Waals surface area contributed by atoms with Gasteiger partial charge in [-0.15, -0.1) is 0 Å². The van der Waals surface area contributed by atoms with Gasteiger partial charge in [0, 0.05) is 24.4 Å². The lowest BCUT2D eigenvalue weighted by Gasteiger charge is -2.26. The van der Waals surface area contributed by atoms with Crippen LogP contribution in [0.2, 0.25) is 0 Å². The number of ether oxygens (including phenoxy) is 1. The molecule has 4 rings (SSSR count). The fourth-order valence-electron chi connectivity index (χ4n) is 3.66. The van der Waals surface area contributed by atoms with Crippen LogP contribution in [0, 0.1) is 6.92 Å². The summed E-state index contributed by atoms with van der Waals surface area (Å²) in [5.74, 6) is 1.09. The van der Waals surface area contributed by atoms with Gasteiger partial charge in [-0.25, -0.2) is 9.50 Å². The van der Waals surface area contributed by atoms with Gasteiger partial charge in [-0.2, -0.15) is 5.10 Å². The van der Waals surface area contributed by atoms with Crippen molar-refractivity contribution in [2.24, 2.45) is 0 Å². The molecule has 1 aliphatic carbocycles. The second kappa shape index (κ2) is 6.78. The van der Waals surface area contributed by atoms with Gasteiger partial charge in [0.15, 0.2) is 5.65 Å². The molecule has 26 heavy (non-hydrogen) atoms. The van der Waals surface area contributed by atoms with Crippen LogP contribution in [0.5, 0.6) is 5.75 Å². The van der Waals surface area contributed by atoms with E-state index in [2.05, 4.69) is 27.5 Å². The van der Waals surface area contributed by atoms with Crippen molar-refractivity contribution < 1.29 is 9.53 Å². The quantitative estimate of drug-likeness (QED) is 0.786. The van der Waals surface area contributed by atoms with Crippen LogP contribution in [-0.4, -0.2) is 34.2 Å². The van der Waals surface area contributed by atoms with Gasteiger partial charge in [0.1, 0.15) is 11.3 Å². The second-order valence-corrected chi connectivity index (χ2v) is 6.76. The molecule has 0 saturated heterocycles. The number of aromatic nitrogens is 3. The average Bonchev–Trinajstić information content (AvgIpc) is 3.08. The van der Waals surface area contributed by atoms with Crippen LogP contribution in [0.3, 0.4) is 0 Å². The number of hydrogen-bond acceptors (Lipinski definition) is 4. The molecule has 3 aromatic rings. The van der Waals surface area contributed by atoms with Crippen LogP contribution in [0.4, 0.5) is 0 Å². The lowest BCUT2D eigenvalue weighted by Crippen LogP contribution is -2.30. The minimum Gasteiger partial charge on any atom is -0.497 e. The summed E-state index contributed by atoms with van der Waals surface area (Å²) in [5.41, 5.74) is 4.60. The lowest BCUT2D eigenvalue weighted by atomic mass is 9.82. The van der Waals surface area contributed by atoms with E-state index in [0.717, 1.165) is 30.7 Å². The molecule has 1 aliphatic rings. The third-order valence-electron chi connectivity index (χ3n) is 5.05. The van der Waals surface area contributed by atoms with E-state index >= 15 is 0 Å². The first-order valence-corrected chi connectivity index (χ1v) is 8.91. The molecule has 0 fully saturated rings. The van der Waals surface area contributed by atoms with Gasteiger partial charge in [0.25, 0.3) is 5.91 Å². The first-order chi connectivity index (χ1) is 12.7. The summed E-state index contributed by atoms with van der Waals surface area (Å²) < 4.78 is 6.96. The maximum atomic E-state index is 12.7. The molecule has 0 bridgehead atoms. The SMILES string of the molecule is COc1ccc2c(c1)CCCC2CNC(=O)c1cnn2ccc(C)nc12. The van der Waals surface area contributed by atoms with Gasteiger partial charge < -0.3 is 10.1 Å². The zero-order valence-electron chi connectivity index (χ0n) is 15.0. The third kappa shape index (κ3) is 3.03. The number of carbonyl (C=O) groups excluding carboxylic acids is 1. The summed E-state index contributed by atoms with van der Waals surface area (Å²) in [6.07, 6.45) is 6.66. The summed E-state index contributed by atoms with van der Waals surface area (Å²) in [6, 6.07) is 8.11. The van der Waals surface area contributed by atoms with Crippen molar-refractivity contribution in [3.05, 3.63) is 59.0 Å². The molecule has 2 aromatic heterocycles. The normalized spacial score (nSPS) is 16.3. The predicted molar refractivity (Wildman–Crippen MR) is 98.7 cm³/mol. The molecule has 0 saturated carbocycles. The molecule has 1 N–H and O–H groups in total. The molecule has 2 heterocycles. The highest BCUT2D eigenvalue weighted by molar-refractivity contribution is 5.99. The number of carbonyl (C=O) groups is 1. The van der Waals surface area contributed by atoms with E-state index in [1.165, 1.54) is 11.1 Å². The van der Waals surface area contributed by atoms with E-state index in [9.17, 15) is 4.79 Å². The molecule has 1 aromatic carbocycles. The molecular weight excluding hydrogens is 328 g/mol. The van der Waals surface area contributed by atoms with Crippen molar-refractivity contribution in [2.45, 2.75) is 32.1 Å². The van der Waals surface area contributed by atoms with E-state index in [0.29, 0.717) is 23.7 Å². The minimum absolute atomic E-state index is 0.126. The number of nitrogens with one attached hydrogen (secondary N) is 1. The largest absolute Gasteiger partial charge is 0.497 e. The number of amides is 1. The van der Waals surface area contributed by atoms with Crippen molar-refractivity contribution in [3.8, 4) is 5.75 Å². The zero-order chi connectivity index (χ0) is 18.1. The third-order valence-corrected chi connectivity index (χ3v) is 5.05. The lowest BCUT2D eigenvalue weighted by molar-refractivity contribution is 0.0951. The first kappa shape index (κ1) is 16.6. The number of nitrogens with zero attached hydrogens (tertiary/aromatic N) is 3. The smallest absolute Gasteiger partial charge is 0.256 e. The Labute approximate surface area is 152 Å². The number of hydrogen-bond donors (Lipinski definition) is 1. The Bertz CT molecular complexity index is 964. The van der Waals surface area contributed by atoms with Gasteiger partial charge in [-0.1, -0.05) is 6.07 Å². The molecule has 0 spiro atoms. The monoisotopic (exact) mass is 350 g/mol. The zero-order valence-corrected chi connectivity index (χ0v) is 15.0. The van der Waals surface area contributed by atoms with Crippen molar-refractivity contribution in [1.29, 1.82) is 0 Å². The Balaban J connectivity index is 1.51. The molecule has 0 radical (unpaired) electrons. The van der Waals surface area contributed by atoms with Gasteiger partial charge in [-0.3, -0.25) is 4.79 Å². The summed E-state index contributed by atoms with van der Waals surface area (Å²) in [4.78, 5) is 17.1. The molecule has 1 atom stereocenters. The Hall–Kier alpha value is -2.89. The van der Waals surface area contributed by atoms with Crippen molar-refractivity contribution in [2.75, 3.05) is 13.7 Å². The Kier molecular flexibility index (Phi) is 4.32. The summed E-state index contributed by atoms with van der Waals surface area (Å²) >= 11 is 0. The van der Waals surface area contributed by atoms with E-state index < -0.39 is 0 Å². The van der Waals surface area contributed by atoms with Crippen LogP contribution in [0.15, 0.2) is 36.7 Å². The van der Waals surface area contributed by atoms with E-state index in [-0.39, 0.29) is 5.91 Å². The van der Waals surface area contributed by atoms with Gasteiger partial charge in [0.05, 0.1) is 13.3 Å². The number of benzene rings is 1. The molecule has 6 nitrogen and oxygen atoms in total. The standard InChI is InChI=1S/C20H22N4O2/c1-13-8-9-24-19(23-13)18(12-22-24)20(25)21-11-15-5-3-4-14-10-16(26-2)6-7-17(14)15/h6-10,12,15H,3-5,11H2,1-2H3,(H,21,25). The average molecular weight is 350 g/mol. The van der Waals surface area contributed by atoms with E-state index in [1.54, 1.807) is 17.8 Å². The van der Waals surface area contributed by atoms with Crippen molar-refractivity contribution in [3.63, 3.8) is 0 Å². The second-order valence-electron chi connectivity index (χ2n) is 6.76. The highest BCUT2D eigenvalue weighted by Crippen LogP contribution is 2.33. The Morgan fingerprint density at radius 3 is 3.12 bits per heavy atom. The molecule has 1 unspecified atom stereocenters. The predicted octanol–water partition coefficient (Wildman–Crippen LogP) is 2.90. The molecule has 134 valence electrons. The Morgan fingerprint density at radius 2 is 2.27 bits per heavy atom. The van der Waals surface area contributed by atoms with Crippen LogP contribution in [0.1, 0.15) is 45.9 Å². The van der Waals surface area contributed by atoms with Crippen LogP contribution < -0.4 is 10.1 Å². The van der Waals surface area contributed by atoms with Crippen molar-refractivity contribution >= 4 is 11.6 Å². The molecular formula is C20H22N4O2. The highest BCUT2D eigenvalue weighted by Gasteiger charge is 2.22. The van der Waals surface area contributed by atoms with Crippen molar-refractivity contribution in [1.82, 2.24) is 19.9 Å². The number of fused-ring (bicyclic) bond motifs is 2. The first-order valence-electron chi connectivity index (χ1n) is 8.91. The van der Waals surface area contributed by atoms with Gasteiger partial charge in [-0.05, 0) is 55.5 Å². The summed E-state index contributed by atoms with van der Waals surface area (Å²) in [6.45, 7) is 2.52.